The van der Waals surface area contributed by atoms with E-state index in [1.165, 1.54) is 4.90 Å². The number of likely N-dealkylation sites (tertiary alicyclic amines) is 1. The number of nitrogens with zero attached hydrogens (tertiary/aromatic N) is 1. The molecule has 1 N–H and O–H groups in total. The van der Waals surface area contributed by atoms with Crippen LogP contribution in [0.5, 0.6) is 0 Å². The summed E-state index contributed by atoms with van der Waals surface area (Å²) in [6.45, 7) is 4.80. The minimum absolute atomic E-state index is 0.117. The second-order valence-electron chi connectivity index (χ2n) is 7.48. The van der Waals surface area contributed by atoms with Crippen LogP contribution in [0.4, 0.5) is 0 Å². The van der Waals surface area contributed by atoms with Crippen LogP contribution in [0.1, 0.15) is 46.0 Å². The lowest BCUT2D eigenvalue weighted by atomic mass is 9.85. The van der Waals surface area contributed by atoms with Crippen molar-refractivity contribution in [2.24, 2.45) is 29.6 Å². The van der Waals surface area contributed by atoms with Gasteiger partial charge in [-0.3, -0.25) is 19.3 Å². The zero-order valence-corrected chi connectivity index (χ0v) is 14.7. The van der Waals surface area contributed by atoms with Crippen molar-refractivity contribution in [3.8, 4) is 0 Å². The summed E-state index contributed by atoms with van der Waals surface area (Å²) < 4.78 is 0. The Morgan fingerprint density at radius 3 is 2.38 bits per heavy atom. The van der Waals surface area contributed by atoms with E-state index < -0.39 is 0 Å². The molecule has 5 nitrogen and oxygen atoms in total. The number of amides is 3. The van der Waals surface area contributed by atoms with E-state index in [2.05, 4.69) is 31.3 Å². The highest BCUT2D eigenvalue weighted by Gasteiger charge is 2.59. The van der Waals surface area contributed by atoms with Gasteiger partial charge in [-0.15, -0.1) is 0 Å². The first-order valence-electron chi connectivity index (χ1n) is 9.37. The molecule has 0 spiro atoms. The lowest BCUT2D eigenvalue weighted by Gasteiger charge is -2.19. The van der Waals surface area contributed by atoms with E-state index in [1.807, 2.05) is 0 Å². The molecule has 5 atom stereocenters. The SMILES string of the molecule is CCCCC(CC)CNC(=O)CN1C(=O)C2C3C=CC(C3)C2C1=O. The number of allylic oxidation sites excluding steroid dienone is 2. The maximum atomic E-state index is 12.5. The largest absolute Gasteiger partial charge is 0.354 e. The quantitative estimate of drug-likeness (QED) is 0.547. The van der Waals surface area contributed by atoms with E-state index in [0.29, 0.717) is 12.5 Å². The summed E-state index contributed by atoms with van der Waals surface area (Å²) in [7, 11) is 0. The van der Waals surface area contributed by atoms with Gasteiger partial charge in [0.1, 0.15) is 6.54 Å². The van der Waals surface area contributed by atoms with Crippen LogP contribution >= 0.6 is 0 Å². The van der Waals surface area contributed by atoms with E-state index in [4.69, 9.17) is 0 Å². The predicted octanol–water partition coefficient (Wildman–Crippen LogP) is 2.13. The van der Waals surface area contributed by atoms with Gasteiger partial charge in [0.15, 0.2) is 0 Å². The summed E-state index contributed by atoms with van der Waals surface area (Å²) in [6.07, 6.45) is 9.51. The van der Waals surface area contributed by atoms with Gasteiger partial charge in [-0.25, -0.2) is 0 Å². The Morgan fingerprint density at radius 1 is 1.21 bits per heavy atom. The number of unbranched alkanes of at least 4 members (excludes halogenated alkanes) is 1. The molecule has 3 aliphatic rings. The molecule has 3 amide bonds. The van der Waals surface area contributed by atoms with Crippen molar-refractivity contribution in [1.29, 1.82) is 0 Å². The molecule has 0 aromatic rings. The van der Waals surface area contributed by atoms with Crippen LogP contribution in [0.3, 0.4) is 0 Å². The van der Waals surface area contributed by atoms with Gasteiger partial charge in [0, 0.05) is 6.54 Å². The van der Waals surface area contributed by atoms with Gasteiger partial charge < -0.3 is 5.32 Å². The van der Waals surface area contributed by atoms with Crippen molar-refractivity contribution < 1.29 is 14.4 Å². The number of hydrogen-bond donors (Lipinski definition) is 1. The van der Waals surface area contributed by atoms with Crippen LogP contribution in [-0.4, -0.2) is 35.7 Å². The minimum Gasteiger partial charge on any atom is -0.354 e. The fraction of sp³-hybridized carbons (Fsp3) is 0.737. The van der Waals surface area contributed by atoms with E-state index in [9.17, 15) is 14.4 Å². The van der Waals surface area contributed by atoms with Gasteiger partial charge in [-0.2, -0.15) is 0 Å². The number of carbonyl (C=O) groups excluding carboxylic acids is 3. The number of carbonyl (C=O) groups is 3. The molecule has 0 aromatic heterocycles. The molecule has 132 valence electrons. The summed E-state index contributed by atoms with van der Waals surface area (Å²) in [6, 6.07) is 0. The first-order chi connectivity index (χ1) is 11.6. The van der Waals surface area contributed by atoms with Crippen molar-refractivity contribution in [3.63, 3.8) is 0 Å². The Bertz CT molecular complexity index is 527. The van der Waals surface area contributed by atoms with Crippen molar-refractivity contribution >= 4 is 17.7 Å². The van der Waals surface area contributed by atoms with Gasteiger partial charge in [0.2, 0.25) is 17.7 Å². The monoisotopic (exact) mass is 332 g/mol. The summed E-state index contributed by atoms with van der Waals surface area (Å²) in [5.41, 5.74) is 0. The Kier molecular flexibility index (Phi) is 5.07. The lowest BCUT2D eigenvalue weighted by molar-refractivity contribution is -0.144. The molecule has 1 saturated heterocycles. The highest BCUT2D eigenvalue weighted by Crippen LogP contribution is 2.52. The van der Waals surface area contributed by atoms with Crippen LogP contribution in [0.2, 0.25) is 0 Å². The van der Waals surface area contributed by atoms with Crippen molar-refractivity contribution in [1.82, 2.24) is 10.2 Å². The first-order valence-corrected chi connectivity index (χ1v) is 9.37. The molecule has 2 bridgehead atoms. The third-order valence-corrected chi connectivity index (χ3v) is 5.99. The second kappa shape index (κ2) is 7.08. The van der Waals surface area contributed by atoms with E-state index in [1.54, 1.807) is 0 Å². The third-order valence-electron chi connectivity index (χ3n) is 5.99. The molecule has 1 aliphatic heterocycles. The molecule has 24 heavy (non-hydrogen) atoms. The average Bonchev–Trinajstić information content (AvgIpc) is 3.25. The molecule has 3 rings (SSSR count). The zero-order valence-electron chi connectivity index (χ0n) is 14.7. The smallest absolute Gasteiger partial charge is 0.240 e. The Balaban J connectivity index is 1.52. The molecular weight excluding hydrogens is 304 g/mol. The molecule has 0 radical (unpaired) electrons. The lowest BCUT2D eigenvalue weighted by Crippen LogP contribution is -2.42. The molecular formula is C19H28N2O3. The van der Waals surface area contributed by atoms with E-state index in [0.717, 1.165) is 32.1 Å². The van der Waals surface area contributed by atoms with E-state index >= 15 is 0 Å². The highest BCUT2D eigenvalue weighted by molar-refractivity contribution is 6.08. The molecule has 0 aromatic carbocycles. The molecule has 2 fully saturated rings. The zero-order chi connectivity index (χ0) is 17.3. The van der Waals surface area contributed by atoms with Gasteiger partial charge >= 0.3 is 0 Å². The maximum Gasteiger partial charge on any atom is 0.240 e. The molecule has 1 heterocycles. The number of rotatable bonds is 8. The Hall–Kier alpha value is -1.65. The Labute approximate surface area is 143 Å². The van der Waals surface area contributed by atoms with E-state index in [-0.39, 0.29) is 47.9 Å². The van der Waals surface area contributed by atoms with Crippen molar-refractivity contribution in [2.75, 3.05) is 13.1 Å². The predicted molar refractivity (Wildman–Crippen MR) is 90.8 cm³/mol. The normalized spacial score (nSPS) is 31.7. The molecule has 5 heteroatoms. The van der Waals surface area contributed by atoms with Crippen LogP contribution in [-0.2, 0) is 14.4 Å². The van der Waals surface area contributed by atoms with Crippen LogP contribution in [0.15, 0.2) is 12.2 Å². The maximum absolute atomic E-state index is 12.5. The topological polar surface area (TPSA) is 66.5 Å². The van der Waals surface area contributed by atoms with Crippen molar-refractivity contribution in [3.05, 3.63) is 12.2 Å². The number of imide groups is 1. The standard InChI is InChI=1S/C19H28N2O3/c1-3-5-6-12(4-2)10-20-15(22)11-21-18(23)16-13-7-8-14(9-13)17(16)19(21)24/h7-8,12-14,16-17H,3-6,9-11H2,1-2H3,(H,20,22). The van der Waals surface area contributed by atoms with Gasteiger partial charge in [0.05, 0.1) is 11.8 Å². The highest BCUT2D eigenvalue weighted by atomic mass is 16.2. The van der Waals surface area contributed by atoms with Gasteiger partial charge in [-0.05, 0) is 30.6 Å². The first kappa shape index (κ1) is 17.2. The van der Waals surface area contributed by atoms with Gasteiger partial charge in [-0.1, -0.05) is 45.3 Å². The van der Waals surface area contributed by atoms with Crippen molar-refractivity contribution in [2.45, 2.75) is 46.0 Å². The fourth-order valence-electron chi connectivity index (χ4n) is 4.52. The van der Waals surface area contributed by atoms with Crippen LogP contribution in [0.25, 0.3) is 0 Å². The molecule has 2 aliphatic carbocycles. The Morgan fingerprint density at radius 2 is 1.83 bits per heavy atom. The van der Waals surface area contributed by atoms with Crippen LogP contribution < -0.4 is 5.32 Å². The minimum atomic E-state index is -0.216. The molecule has 1 saturated carbocycles. The summed E-state index contributed by atoms with van der Waals surface area (Å²) in [5, 5.41) is 2.91. The molecule has 5 unspecified atom stereocenters. The fourth-order valence-corrected chi connectivity index (χ4v) is 4.52. The summed E-state index contributed by atoms with van der Waals surface area (Å²) >= 11 is 0. The number of hydrogen-bond acceptors (Lipinski definition) is 3. The van der Waals surface area contributed by atoms with Gasteiger partial charge in [0.25, 0.3) is 0 Å². The average molecular weight is 332 g/mol. The number of fused-ring (bicyclic) bond motifs is 5. The number of nitrogens with one attached hydrogen (secondary N) is 1. The third kappa shape index (κ3) is 3.01. The summed E-state index contributed by atoms with van der Waals surface area (Å²) in [4.78, 5) is 38.5. The van der Waals surface area contributed by atoms with Crippen LogP contribution in [0, 0.1) is 29.6 Å². The second-order valence-corrected chi connectivity index (χ2v) is 7.48. The summed E-state index contributed by atoms with van der Waals surface area (Å²) in [5.74, 6) is -0.0668.